The molecule has 1 aliphatic heterocycles. The molecule has 1 atom stereocenters. The first kappa shape index (κ1) is 13.5. The van der Waals surface area contributed by atoms with Gasteiger partial charge in [0.1, 0.15) is 0 Å². The molecule has 0 saturated carbocycles. The molecule has 0 amide bonds. The average molecular weight is 269 g/mol. The number of hydrogen-bond acceptors (Lipinski definition) is 3. The van der Waals surface area contributed by atoms with Crippen LogP contribution in [0.5, 0.6) is 0 Å². The largest absolute Gasteiger partial charge is 0.316 e. The van der Waals surface area contributed by atoms with E-state index in [1.807, 2.05) is 0 Å². The van der Waals surface area contributed by atoms with Gasteiger partial charge in [0, 0.05) is 0 Å². The summed E-state index contributed by atoms with van der Waals surface area (Å²) in [6.07, 6.45) is 4.60. The zero-order valence-electron chi connectivity index (χ0n) is 10.3. The van der Waals surface area contributed by atoms with Crippen molar-refractivity contribution in [2.45, 2.75) is 30.6 Å². The Morgan fingerprint density at radius 3 is 2.56 bits per heavy atom. The minimum atomic E-state index is -4.07. The summed E-state index contributed by atoms with van der Waals surface area (Å²) in [6, 6.07) is 6.48. The van der Waals surface area contributed by atoms with Crippen LogP contribution in [-0.2, 0) is 16.5 Å². The fraction of sp³-hybridized carbons (Fsp3) is 0.538. The summed E-state index contributed by atoms with van der Waals surface area (Å²) >= 11 is 0. The highest BCUT2D eigenvalue weighted by Gasteiger charge is 2.13. The first-order valence-electron chi connectivity index (χ1n) is 6.33. The first-order chi connectivity index (χ1) is 8.55. The SMILES string of the molecule is O=S(=O)(O)c1ccc(CCC2CCCNC2)cc1. The van der Waals surface area contributed by atoms with Crippen LogP contribution in [0.4, 0.5) is 0 Å². The molecule has 2 N–H and O–H groups in total. The van der Waals surface area contributed by atoms with Crippen LogP contribution in [-0.4, -0.2) is 26.1 Å². The molecule has 1 heterocycles. The molecule has 2 rings (SSSR count). The van der Waals surface area contributed by atoms with E-state index < -0.39 is 10.1 Å². The predicted molar refractivity (Wildman–Crippen MR) is 70.2 cm³/mol. The van der Waals surface area contributed by atoms with Crippen molar-refractivity contribution in [1.29, 1.82) is 0 Å². The molecule has 0 bridgehead atoms. The van der Waals surface area contributed by atoms with Crippen molar-refractivity contribution < 1.29 is 13.0 Å². The van der Waals surface area contributed by atoms with E-state index in [1.165, 1.54) is 25.0 Å². The summed E-state index contributed by atoms with van der Waals surface area (Å²) in [5.41, 5.74) is 1.12. The lowest BCUT2D eigenvalue weighted by Gasteiger charge is -2.22. The number of rotatable bonds is 4. The van der Waals surface area contributed by atoms with Gasteiger partial charge in [-0.25, -0.2) is 0 Å². The normalized spacial score (nSPS) is 20.8. The van der Waals surface area contributed by atoms with Gasteiger partial charge in [0.15, 0.2) is 0 Å². The van der Waals surface area contributed by atoms with Crippen LogP contribution in [0.2, 0.25) is 0 Å². The first-order valence-corrected chi connectivity index (χ1v) is 7.77. The van der Waals surface area contributed by atoms with E-state index in [4.69, 9.17) is 4.55 Å². The Kier molecular flexibility index (Phi) is 4.37. The van der Waals surface area contributed by atoms with Gasteiger partial charge in [0.05, 0.1) is 4.90 Å². The van der Waals surface area contributed by atoms with Crippen LogP contribution in [0.3, 0.4) is 0 Å². The maximum Gasteiger partial charge on any atom is 0.294 e. The molecule has 0 aliphatic carbocycles. The van der Waals surface area contributed by atoms with Gasteiger partial charge in [-0.1, -0.05) is 12.1 Å². The number of aryl methyl sites for hydroxylation is 1. The van der Waals surface area contributed by atoms with Gasteiger partial charge < -0.3 is 5.32 Å². The molecule has 5 heteroatoms. The molecule has 4 nitrogen and oxygen atoms in total. The Morgan fingerprint density at radius 1 is 1.28 bits per heavy atom. The third-order valence-corrected chi connectivity index (χ3v) is 4.33. The van der Waals surface area contributed by atoms with Crippen molar-refractivity contribution in [3.05, 3.63) is 29.8 Å². The van der Waals surface area contributed by atoms with Crippen LogP contribution in [0.25, 0.3) is 0 Å². The lowest BCUT2D eigenvalue weighted by atomic mass is 9.93. The Balaban J connectivity index is 1.90. The quantitative estimate of drug-likeness (QED) is 0.819. The summed E-state index contributed by atoms with van der Waals surface area (Å²) in [7, 11) is -4.07. The van der Waals surface area contributed by atoms with Gasteiger partial charge in [-0.15, -0.1) is 0 Å². The van der Waals surface area contributed by atoms with Crippen LogP contribution < -0.4 is 5.32 Å². The Hall–Kier alpha value is -0.910. The molecule has 0 aromatic heterocycles. The Labute approximate surface area is 108 Å². The highest BCUT2D eigenvalue weighted by Crippen LogP contribution is 2.18. The van der Waals surface area contributed by atoms with Crippen LogP contribution >= 0.6 is 0 Å². The van der Waals surface area contributed by atoms with Crippen LogP contribution in [0.1, 0.15) is 24.8 Å². The molecule has 100 valence electrons. The number of hydrogen-bond donors (Lipinski definition) is 2. The van der Waals surface area contributed by atoms with Crippen molar-refractivity contribution in [3.8, 4) is 0 Å². The highest BCUT2D eigenvalue weighted by atomic mass is 32.2. The fourth-order valence-corrected chi connectivity index (χ4v) is 2.85. The molecule has 0 spiro atoms. The van der Waals surface area contributed by atoms with Gasteiger partial charge in [-0.05, 0) is 62.4 Å². The van der Waals surface area contributed by atoms with Gasteiger partial charge >= 0.3 is 0 Å². The maximum atomic E-state index is 10.9. The van der Waals surface area contributed by atoms with E-state index >= 15 is 0 Å². The van der Waals surface area contributed by atoms with Crippen molar-refractivity contribution in [2.24, 2.45) is 5.92 Å². The summed E-state index contributed by atoms with van der Waals surface area (Å²) in [6.45, 7) is 2.21. The third-order valence-electron chi connectivity index (χ3n) is 3.46. The molecule has 1 aromatic rings. The van der Waals surface area contributed by atoms with E-state index in [1.54, 1.807) is 12.1 Å². The van der Waals surface area contributed by atoms with Gasteiger partial charge in [0.2, 0.25) is 0 Å². The molecule has 1 aliphatic rings. The molecule has 18 heavy (non-hydrogen) atoms. The number of piperidine rings is 1. The minimum absolute atomic E-state index is 0.0365. The standard InChI is InChI=1S/C13H19NO3S/c15-18(16,17)13-7-5-11(6-8-13)3-4-12-2-1-9-14-10-12/h5-8,12,14H,1-4,9-10H2,(H,15,16,17). The predicted octanol–water partition coefficient (Wildman–Crippen LogP) is 1.87. The highest BCUT2D eigenvalue weighted by molar-refractivity contribution is 7.85. The van der Waals surface area contributed by atoms with E-state index in [0.29, 0.717) is 0 Å². The molecule has 1 unspecified atom stereocenters. The third kappa shape index (κ3) is 3.80. The monoisotopic (exact) mass is 269 g/mol. The van der Waals surface area contributed by atoms with E-state index in [2.05, 4.69) is 5.32 Å². The molecule has 1 saturated heterocycles. The van der Waals surface area contributed by atoms with E-state index in [-0.39, 0.29) is 4.90 Å². The smallest absolute Gasteiger partial charge is 0.294 e. The fourth-order valence-electron chi connectivity index (χ4n) is 2.37. The second kappa shape index (κ2) is 5.82. The second-order valence-electron chi connectivity index (χ2n) is 4.87. The van der Waals surface area contributed by atoms with Crippen LogP contribution in [0, 0.1) is 5.92 Å². The second-order valence-corrected chi connectivity index (χ2v) is 6.29. The van der Waals surface area contributed by atoms with Crippen molar-refractivity contribution in [1.82, 2.24) is 5.32 Å². The van der Waals surface area contributed by atoms with E-state index in [0.717, 1.165) is 37.4 Å². The minimum Gasteiger partial charge on any atom is -0.316 e. The average Bonchev–Trinajstić information content (AvgIpc) is 2.37. The summed E-state index contributed by atoms with van der Waals surface area (Å²) in [5.74, 6) is 0.722. The molecular weight excluding hydrogens is 250 g/mol. The number of nitrogens with one attached hydrogen (secondary N) is 1. The molecule has 0 radical (unpaired) electrons. The summed E-state index contributed by atoms with van der Waals surface area (Å²) < 4.78 is 30.7. The lowest BCUT2D eigenvalue weighted by Crippen LogP contribution is -2.29. The zero-order chi connectivity index (χ0) is 13.0. The Bertz CT molecular complexity index is 475. The summed E-state index contributed by atoms with van der Waals surface area (Å²) in [4.78, 5) is -0.0365. The van der Waals surface area contributed by atoms with E-state index in [9.17, 15) is 8.42 Å². The van der Waals surface area contributed by atoms with Gasteiger partial charge in [0.25, 0.3) is 10.1 Å². The molecular formula is C13H19NO3S. The lowest BCUT2D eigenvalue weighted by molar-refractivity contribution is 0.358. The van der Waals surface area contributed by atoms with Crippen molar-refractivity contribution >= 4 is 10.1 Å². The Morgan fingerprint density at radius 2 is 2.00 bits per heavy atom. The van der Waals surface area contributed by atoms with Crippen molar-refractivity contribution in [2.75, 3.05) is 13.1 Å². The zero-order valence-corrected chi connectivity index (χ0v) is 11.1. The van der Waals surface area contributed by atoms with Crippen LogP contribution in [0.15, 0.2) is 29.2 Å². The summed E-state index contributed by atoms with van der Waals surface area (Å²) in [5, 5.41) is 3.39. The number of benzene rings is 1. The van der Waals surface area contributed by atoms with Gasteiger partial charge in [-0.3, -0.25) is 4.55 Å². The van der Waals surface area contributed by atoms with Crippen molar-refractivity contribution in [3.63, 3.8) is 0 Å². The van der Waals surface area contributed by atoms with Gasteiger partial charge in [-0.2, -0.15) is 8.42 Å². The molecule has 1 aromatic carbocycles. The molecule has 1 fully saturated rings. The topological polar surface area (TPSA) is 66.4 Å². The maximum absolute atomic E-state index is 10.9.